The maximum Gasteiger partial charge on any atom is 0.170 e. The molecular formula is C42H49NO4. The molecule has 246 valence electrons. The number of ketones is 4. The van der Waals surface area contributed by atoms with E-state index in [4.69, 9.17) is 0 Å². The molecule has 0 atom stereocenters. The molecule has 0 radical (unpaired) electrons. The van der Waals surface area contributed by atoms with Crippen LogP contribution in [0.5, 0.6) is 0 Å². The number of benzene rings is 4. The lowest BCUT2D eigenvalue weighted by molar-refractivity contribution is 0.0892. The van der Waals surface area contributed by atoms with Crippen molar-refractivity contribution >= 4 is 34.4 Å². The number of nitrogens with zero attached hydrogens (tertiary/aromatic N) is 1. The Morgan fingerprint density at radius 2 is 0.979 bits per heavy atom. The van der Waals surface area contributed by atoms with Crippen LogP contribution in [0.1, 0.15) is 110 Å². The molecule has 0 fully saturated rings. The van der Waals surface area contributed by atoms with Crippen LogP contribution < -0.4 is 4.90 Å². The van der Waals surface area contributed by atoms with E-state index < -0.39 is 0 Å². The number of Topliss-reactive ketones (excluding diaryl/α,β-unsaturated/α-hetero) is 4. The highest BCUT2D eigenvalue weighted by Gasteiger charge is 2.14. The van der Waals surface area contributed by atoms with Gasteiger partial charge in [0.15, 0.2) is 23.1 Å². The lowest BCUT2D eigenvalue weighted by Crippen LogP contribution is -2.08. The topological polar surface area (TPSA) is 71.5 Å². The summed E-state index contributed by atoms with van der Waals surface area (Å²) in [6, 6.07) is 26.2. The Kier molecular flexibility index (Phi) is 14.9. The number of aryl methyl sites for hydroxylation is 3. The summed E-state index contributed by atoms with van der Waals surface area (Å²) < 4.78 is 0. The van der Waals surface area contributed by atoms with Crippen molar-refractivity contribution < 1.29 is 19.2 Å². The maximum absolute atomic E-state index is 12.3. The molecule has 0 heterocycles. The lowest BCUT2D eigenvalue weighted by atomic mass is 9.98. The van der Waals surface area contributed by atoms with Crippen LogP contribution in [0, 0.1) is 27.7 Å². The number of carbonyl (C=O) groups is 4. The van der Waals surface area contributed by atoms with Crippen molar-refractivity contribution in [2.45, 2.75) is 68.2 Å². The number of hydrogen-bond acceptors (Lipinski definition) is 5. The molecule has 0 saturated heterocycles. The summed E-state index contributed by atoms with van der Waals surface area (Å²) in [5, 5.41) is 0. The lowest BCUT2D eigenvalue weighted by Gasteiger charge is -2.11. The second-order valence-electron chi connectivity index (χ2n) is 12.1. The van der Waals surface area contributed by atoms with Crippen molar-refractivity contribution in [3.63, 3.8) is 0 Å². The third-order valence-corrected chi connectivity index (χ3v) is 7.99. The Balaban J connectivity index is 0.000000270. The van der Waals surface area contributed by atoms with E-state index in [-0.39, 0.29) is 29.6 Å². The molecule has 47 heavy (non-hydrogen) atoms. The van der Waals surface area contributed by atoms with Crippen LogP contribution in [-0.2, 0) is 0 Å². The van der Waals surface area contributed by atoms with E-state index in [9.17, 15) is 19.2 Å². The minimum atomic E-state index is -0.140. The first-order chi connectivity index (χ1) is 22.1. The second-order valence-corrected chi connectivity index (χ2v) is 12.1. The normalized spacial score (nSPS) is 10.6. The highest BCUT2D eigenvalue weighted by atomic mass is 16.1. The highest BCUT2D eigenvalue weighted by Crippen LogP contribution is 2.18. The standard InChI is InChI=1S/C21H22O2.C11H14O.C10H13NO/c1-4-5-16(3)17-10-12-19(13-11-17)21(23)14-20(22)18-8-6-15(2)7-9-18;1-7-5-11(10(4)12)6-8(2)9(7)3;1-8(12)9-4-6-10(7-5-9)11(2)3/h5-13H,4,14H2,1-3H3;5-6H,1-4H3;4-7H,1-3H3. The van der Waals surface area contributed by atoms with Crippen LogP contribution in [0.25, 0.3) is 5.57 Å². The van der Waals surface area contributed by atoms with Crippen molar-refractivity contribution in [3.05, 3.63) is 141 Å². The number of anilines is 1. The number of hydrogen-bond donors (Lipinski definition) is 0. The Labute approximate surface area is 281 Å². The number of carbonyl (C=O) groups excluding carboxylic acids is 4. The van der Waals surface area contributed by atoms with Gasteiger partial charge in [0.25, 0.3) is 0 Å². The quantitative estimate of drug-likeness (QED) is 0.136. The fraction of sp³-hybridized carbons (Fsp3) is 0.286. The minimum Gasteiger partial charge on any atom is -0.378 e. The van der Waals surface area contributed by atoms with Crippen LogP contribution in [0.4, 0.5) is 5.69 Å². The van der Waals surface area contributed by atoms with Gasteiger partial charge in [-0.1, -0.05) is 67.1 Å². The van der Waals surface area contributed by atoms with Crippen molar-refractivity contribution in [2.75, 3.05) is 19.0 Å². The third-order valence-electron chi connectivity index (χ3n) is 7.99. The first-order valence-electron chi connectivity index (χ1n) is 15.9. The van der Waals surface area contributed by atoms with Crippen LogP contribution in [-0.4, -0.2) is 37.2 Å². The zero-order chi connectivity index (χ0) is 35.3. The molecule has 0 amide bonds. The van der Waals surface area contributed by atoms with Crippen molar-refractivity contribution in [2.24, 2.45) is 0 Å². The predicted octanol–water partition coefficient (Wildman–Crippen LogP) is 10.0. The van der Waals surface area contributed by atoms with Gasteiger partial charge in [-0.3, -0.25) is 19.2 Å². The van der Waals surface area contributed by atoms with Gasteiger partial charge in [-0.15, -0.1) is 0 Å². The first-order valence-corrected chi connectivity index (χ1v) is 15.9. The maximum atomic E-state index is 12.3. The van der Waals surface area contributed by atoms with E-state index in [0.29, 0.717) is 11.1 Å². The zero-order valence-electron chi connectivity index (χ0n) is 29.7. The SMILES string of the molecule is CC(=O)c1cc(C)c(C)c(C)c1.CC(=O)c1ccc(N(C)C)cc1.CCC=C(C)c1ccc(C(=O)CC(=O)c2ccc(C)cc2)cc1. The highest BCUT2D eigenvalue weighted by molar-refractivity contribution is 6.13. The van der Waals surface area contributed by atoms with Crippen molar-refractivity contribution in [1.29, 1.82) is 0 Å². The molecule has 4 rings (SSSR count). The minimum absolute atomic E-state index is 0.0911. The van der Waals surface area contributed by atoms with Crippen molar-refractivity contribution in [3.8, 4) is 0 Å². The second kappa shape index (κ2) is 18.3. The summed E-state index contributed by atoms with van der Waals surface area (Å²) in [7, 11) is 3.95. The zero-order valence-corrected chi connectivity index (χ0v) is 29.7. The molecule has 0 bridgehead atoms. The van der Waals surface area contributed by atoms with Gasteiger partial charge in [0, 0.05) is 42.0 Å². The van der Waals surface area contributed by atoms with Gasteiger partial charge in [0.05, 0.1) is 6.42 Å². The van der Waals surface area contributed by atoms with Crippen molar-refractivity contribution in [1.82, 2.24) is 0 Å². The van der Waals surface area contributed by atoms with E-state index >= 15 is 0 Å². The fourth-order valence-electron chi connectivity index (χ4n) is 4.67. The molecule has 0 aliphatic carbocycles. The van der Waals surface area contributed by atoms with Gasteiger partial charge in [0.1, 0.15) is 0 Å². The van der Waals surface area contributed by atoms with Crippen LogP contribution >= 0.6 is 0 Å². The van der Waals surface area contributed by atoms with Gasteiger partial charge in [-0.25, -0.2) is 0 Å². The Bertz CT molecular complexity index is 1690. The van der Waals surface area contributed by atoms with Crippen LogP contribution in [0.15, 0.2) is 91.0 Å². The summed E-state index contributed by atoms with van der Waals surface area (Å²) in [6.07, 6.45) is 3.04. The summed E-state index contributed by atoms with van der Waals surface area (Å²) in [4.78, 5) is 48.4. The third kappa shape index (κ3) is 12.1. The van der Waals surface area contributed by atoms with E-state index in [1.807, 2.05) is 100 Å². The van der Waals surface area contributed by atoms with Gasteiger partial charge in [-0.2, -0.15) is 0 Å². The number of allylic oxidation sites excluding steroid dienone is 2. The molecule has 0 N–H and O–H groups in total. The summed E-state index contributed by atoms with van der Waals surface area (Å²) in [6.45, 7) is 15.4. The summed E-state index contributed by atoms with van der Waals surface area (Å²) in [5.74, 6) is -0.0260. The molecule has 0 saturated carbocycles. The largest absolute Gasteiger partial charge is 0.378 e. The fourth-order valence-corrected chi connectivity index (χ4v) is 4.67. The predicted molar refractivity (Wildman–Crippen MR) is 196 cm³/mol. The first kappa shape index (κ1) is 38.3. The molecule has 0 aliphatic heterocycles. The van der Waals surface area contributed by atoms with E-state index in [1.54, 1.807) is 38.1 Å². The monoisotopic (exact) mass is 631 g/mol. The average Bonchev–Trinajstić information content (AvgIpc) is 3.04. The summed E-state index contributed by atoms with van der Waals surface area (Å²) >= 11 is 0. The van der Waals surface area contributed by atoms with Crippen LogP contribution in [0.2, 0.25) is 0 Å². The Morgan fingerprint density at radius 3 is 1.38 bits per heavy atom. The molecule has 0 aromatic heterocycles. The van der Waals surface area contributed by atoms with Gasteiger partial charge in [-0.05, 0) is 119 Å². The van der Waals surface area contributed by atoms with E-state index in [0.717, 1.165) is 34.4 Å². The van der Waals surface area contributed by atoms with E-state index in [1.165, 1.54) is 22.3 Å². The van der Waals surface area contributed by atoms with Gasteiger partial charge < -0.3 is 4.90 Å². The van der Waals surface area contributed by atoms with Gasteiger partial charge in [0.2, 0.25) is 0 Å². The van der Waals surface area contributed by atoms with E-state index in [2.05, 4.69) is 26.8 Å². The molecule has 0 aliphatic rings. The molecule has 0 unspecified atom stereocenters. The number of rotatable bonds is 9. The molecule has 0 spiro atoms. The molecule has 5 heteroatoms. The molecule has 5 nitrogen and oxygen atoms in total. The molecule has 4 aromatic carbocycles. The average molecular weight is 632 g/mol. The summed E-state index contributed by atoms with van der Waals surface area (Å²) in [5.41, 5.74) is 10.9. The Hall–Kier alpha value is -4.90. The Morgan fingerprint density at radius 1 is 0.574 bits per heavy atom. The van der Waals surface area contributed by atoms with Crippen LogP contribution in [0.3, 0.4) is 0 Å². The van der Waals surface area contributed by atoms with Gasteiger partial charge >= 0.3 is 0 Å². The molecular weight excluding hydrogens is 582 g/mol. The molecule has 4 aromatic rings. The smallest absolute Gasteiger partial charge is 0.170 e.